The van der Waals surface area contributed by atoms with E-state index in [4.69, 9.17) is 0 Å². The molecule has 0 spiro atoms. The molecule has 0 N–H and O–H groups in total. The Kier molecular flexibility index (Phi) is 7.46. The third-order valence-electron chi connectivity index (χ3n) is 11.7. The highest BCUT2D eigenvalue weighted by atomic mass is 15.1. The molecule has 0 aromatic heterocycles. The van der Waals surface area contributed by atoms with Gasteiger partial charge >= 0.3 is 0 Å². The fourth-order valence-corrected chi connectivity index (χ4v) is 9.04. The largest absolute Gasteiger partial charge is 0.310 e. The molecule has 0 aliphatic heterocycles. The van der Waals surface area contributed by atoms with E-state index in [-0.39, 0.29) is 10.8 Å². The van der Waals surface area contributed by atoms with E-state index in [9.17, 15) is 0 Å². The Balaban J connectivity index is 1.14. The third kappa shape index (κ3) is 5.07. The van der Waals surface area contributed by atoms with Gasteiger partial charge in [-0.2, -0.15) is 0 Å². The van der Waals surface area contributed by atoms with Gasteiger partial charge in [0, 0.05) is 27.9 Å². The highest BCUT2D eigenvalue weighted by Gasteiger charge is 2.37. The van der Waals surface area contributed by atoms with Crippen molar-refractivity contribution in [2.75, 3.05) is 4.90 Å². The lowest BCUT2D eigenvalue weighted by Gasteiger charge is -2.39. The number of hydrogen-bond donors (Lipinski definition) is 0. The molecule has 0 saturated heterocycles. The lowest BCUT2D eigenvalue weighted by molar-refractivity contribution is 0.346. The number of rotatable bonds is 6. The molecule has 2 aliphatic carbocycles. The predicted molar refractivity (Wildman–Crippen MR) is 212 cm³/mol. The van der Waals surface area contributed by atoms with Gasteiger partial charge in [-0.1, -0.05) is 154 Å². The van der Waals surface area contributed by atoms with Crippen molar-refractivity contribution in [1.29, 1.82) is 0 Å². The fourth-order valence-electron chi connectivity index (χ4n) is 9.04. The maximum Gasteiger partial charge on any atom is 0.0465 e. The zero-order valence-electron chi connectivity index (χ0n) is 29.1. The second-order valence-electron chi connectivity index (χ2n) is 14.9. The van der Waals surface area contributed by atoms with E-state index in [1.165, 1.54) is 98.8 Å². The van der Waals surface area contributed by atoms with Crippen LogP contribution in [0.4, 0.5) is 17.1 Å². The van der Waals surface area contributed by atoms with Crippen molar-refractivity contribution in [3.8, 4) is 22.3 Å². The quantitative estimate of drug-likeness (QED) is 0.174. The summed E-state index contributed by atoms with van der Waals surface area (Å²) in [6.07, 6.45) is 6.29. The van der Waals surface area contributed by atoms with Crippen LogP contribution in [0.25, 0.3) is 33.0 Å². The summed E-state index contributed by atoms with van der Waals surface area (Å²) in [6, 6.07) is 61.3. The van der Waals surface area contributed by atoms with Crippen molar-refractivity contribution in [2.24, 2.45) is 0 Å². The number of anilines is 3. The zero-order valence-corrected chi connectivity index (χ0v) is 29.1. The molecule has 0 atom stereocenters. The molecule has 9 rings (SSSR count). The van der Waals surface area contributed by atoms with Crippen molar-refractivity contribution in [1.82, 2.24) is 0 Å². The van der Waals surface area contributed by atoms with Gasteiger partial charge in [0.25, 0.3) is 0 Å². The molecule has 50 heavy (non-hydrogen) atoms. The van der Waals surface area contributed by atoms with Crippen LogP contribution < -0.4 is 4.90 Å². The fraction of sp³-hybridized carbons (Fsp3) is 0.184. The monoisotopic (exact) mass is 645 g/mol. The maximum atomic E-state index is 2.45. The lowest BCUT2D eigenvalue weighted by atomic mass is 9.65. The van der Waals surface area contributed by atoms with Crippen LogP contribution in [-0.2, 0) is 10.8 Å². The van der Waals surface area contributed by atoms with Gasteiger partial charge in [-0.25, -0.2) is 0 Å². The molecule has 2 aliphatic rings. The highest BCUT2D eigenvalue weighted by Crippen LogP contribution is 2.51. The van der Waals surface area contributed by atoms with Gasteiger partial charge in [0.05, 0.1) is 0 Å². The Bertz CT molecular complexity index is 2310. The van der Waals surface area contributed by atoms with Crippen molar-refractivity contribution in [3.63, 3.8) is 0 Å². The van der Waals surface area contributed by atoms with E-state index in [0.717, 1.165) is 5.69 Å². The molecule has 0 radical (unpaired) electrons. The van der Waals surface area contributed by atoms with Gasteiger partial charge in [0.2, 0.25) is 0 Å². The Labute approximate surface area is 296 Å². The molecule has 0 bridgehead atoms. The highest BCUT2D eigenvalue weighted by molar-refractivity contribution is 5.89. The predicted octanol–water partition coefficient (Wildman–Crippen LogP) is 13.5. The van der Waals surface area contributed by atoms with Crippen LogP contribution in [0.5, 0.6) is 0 Å². The summed E-state index contributed by atoms with van der Waals surface area (Å²) in [5.41, 5.74) is 14.4. The second-order valence-corrected chi connectivity index (χ2v) is 14.9. The third-order valence-corrected chi connectivity index (χ3v) is 11.7. The Hall–Kier alpha value is -5.40. The molecule has 0 unspecified atom stereocenters. The van der Waals surface area contributed by atoms with E-state index in [2.05, 4.69) is 183 Å². The first kappa shape index (κ1) is 30.6. The van der Waals surface area contributed by atoms with Crippen molar-refractivity contribution >= 4 is 27.8 Å². The van der Waals surface area contributed by atoms with Gasteiger partial charge in [-0.15, -0.1) is 0 Å². The van der Waals surface area contributed by atoms with Crippen LogP contribution in [0.1, 0.15) is 68.2 Å². The molecule has 244 valence electrons. The van der Waals surface area contributed by atoms with Crippen LogP contribution in [0, 0.1) is 0 Å². The van der Waals surface area contributed by atoms with Crippen LogP contribution in [0.15, 0.2) is 164 Å². The average molecular weight is 646 g/mol. The van der Waals surface area contributed by atoms with E-state index < -0.39 is 0 Å². The minimum atomic E-state index is -0.0690. The molecule has 1 saturated carbocycles. The first-order valence-corrected chi connectivity index (χ1v) is 18.3. The van der Waals surface area contributed by atoms with Gasteiger partial charge < -0.3 is 4.90 Å². The maximum absolute atomic E-state index is 2.45. The number of nitrogens with zero attached hydrogens (tertiary/aromatic N) is 1. The van der Waals surface area contributed by atoms with Crippen molar-refractivity contribution in [2.45, 2.75) is 56.8 Å². The minimum Gasteiger partial charge on any atom is -0.310 e. The summed E-state index contributed by atoms with van der Waals surface area (Å²) in [5.74, 6) is 0. The van der Waals surface area contributed by atoms with Gasteiger partial charge in [-0.05, 0) is 111 Å². The summed E-state index contributed by atoms with van der Waals surface area (Å²) in [6.45, 7) is 4.73. The summed E-state index contributed by atoms with van der Waals surface area (Å²) in [4.78, 5) is 2.45. The Morgan fingerprint density at radius 2 is 1.00 bits per heavy atom. The van der Waals surface area contributed by atoms with E-state index in [1.54, 1.807) is 0 Å². The second kappa shape index (κ2) is 12.2. The lowest BCUT2D eigenvalue weighted by Crippen LogP contribution is -2.30. The van der Waals surface area contributed by atoms with Crippen LogP contribution >= 0.6 is 0 Å². The van der Waals surface area contributed by atoms with Crippen LogP contribution in [0.2, 0.25) is 0 Å². The Morgan fingerprint density at radius 3 is 1.76 bits per heavy atom. The van der Waals surface area contributed by atoms with E-state index >= 15 is 0 Å². The number of benzene rings is 7. The van der Waals surface area contributed by atoms with Gasteiger partial charge in [0.1, 0.15) is 0 Å². The van der Waals surface area contributed by atoms with Gasteiger partial charge in [0.15, 0.2) is 0 Å². The smallest absolute Gasteiger partial charge is 0.0465 e. The molecule has 1 heteroatoms. The summed E-state index contributed by atoms with van der Waals surface area (Å²) in [5, 5.41) is 2.54. The number of fused-ring (bicyclic) bond motifs is 4. The first-order valence-electron chi connectivity index (χ1n) is 18.3. The summed E-state index contributed by atoms with van der Waals surface area (Å²) in [7, 11) is 0. The van der Waals surface area contributed by atoms with Crippen LogP contribution in [-0.4, -0.2) is 0 Å². The normalized spacial score (nSPS) is 15.7. The Morgan fingerprint density at radius 1 is 0.420 bits per heavy atom. The summed E-state index contributed by atoms with van der Waals surface area (Å²) >= 11 is 0. The molecule has 0 heterocycles. The molecule has 7 aromatic carbocycles. The molecule has 1 fully saturated rings. The SMILES string of the molecule is CC1(C)c2ccccc2-c2ccc(N(c3ccc(-c4ccc5ccccc5c4)cc3)c3ccc(C4(c5ccccc5)CCCCC4)cc3)cc21. The standard InChI is InChI=1S/C49H43N/c1-48(2)46-18-10-9-17-44(46)45-30-29-43(34-47(45)48)50(41-25-21-36(22-26-41)38-20-19-35-13-7-8-14-37(35)33-38)42-27-23-40(24-28-42)49(31-11-4-12-32-49)39-15-5-3-6-16-39/h3,5-10,13-30,33-34H,4,11-12,31-32H2,1-2H3. The molecule has 0 amide bonds. The molecular weight excluding hydrogens is 603 g/mol. The topological polar surface area (TPSA) is 3.24 Å². The minimum absolute atomic E-state index is 0.0690. The van der Waals surface area contributed by atoms with Crippen LogP contribution in [0.3, 0.4) is 0 Å². The zero-order chi connectivity index (χ0) is 33.7. The van der Waals surface area contributed by atoms with Crippen molar-refractivity contribution in [3.05, 3.63) is 186 Å². The molecule has 7 aromatic rings. The molecular formula is C49H43N. The van der Waals surface area contributed by atoms with E-state index in [0.29, 0.717) is 0 Å². The first-order chi connectivity index (χ1) is 24.5. The average Bonchev–Trinajstić information content (AvgIpc) is 3.41. The van der Waals surface area contributed by atoms with E-state index in [1.807, 2.05) is 0 Å². The molecule has 1 nitrogen and oxygen atoms in total. The number of hydrogen-bond acceptors (Lipinski definition) is 1. The van der Waals surface area contributed by atoms with Crippen molar-refractivity contribution < 1.29 is 0 Å². The van der Waals surface area contributed by atoms with Gasteiger partial charge in [-0.3, -0.25) is 0 Å². The summed E-state index contributed by atoms with van der Waals surface area (Å²) < 4.78 is 0.